The molecule has 0 radical (unpaired) electrons. The Kier molecular flexibility index (Phi) is 6.77. The molecule has 1 aromatic rings. The van der Waals surface area contributed by atoms with Crippen molar-refractivity contribution in [3.05, 3.63) is 34.9 Å². The van der Waals surface area contributed by atoms with Crippen molar-refractivity contribution < 1.29 is 19.1 Å². The number of amides is 2. The number of aryl methyl sites for hydroxylation is 2. The van der Waals surface area contributed by atoms with Gasteiger partial charge >= 0.3 is 5.97 Å². The van der Waals surface area contributed by atoms with Gasteiger partial charge in [0, 0.05) is 24.7 Å². The second-order valence-corrected chi connectivity index (χ2v) is 7.16. The fourth-order valence-corrected chi connectivity index (χ4v) is 3.40. The third kappa shape index (κ3) is 5.31. The monoisotopic (exact) mass is 360 g/mol. The highest BCUT2D eigenvalue weighted by molar-refractivity contribution is 5.95. The van der Waals surface area contributed by atoms with Gasteiger partial charge in [0.25, 0.3) is 5.91 Å². The Balaban J connectivity index is 1.98. The maximum Gasteiger partial charge on any atom is 0.307 e. The average molecular weight is 360 g/mol. The molecule has 0 aliphatic carbocycles. The van der Waals surface area contributed by atoms with Crippen LogP contribution in [0.1, 0.15) is 47.7 Å². The summed E-state index contributed by atoms with van der Waals surface area (Å²) in [6.45, 7) is 6.78. The standard InChI is InChI=1S/C20H28N2O4/c1-13-8-14(2)10-17(9-13)20(25)22-7-5-6-16(12-22)19(24)21-15(3)11-18(23)26-4/h8-10,15-16H,5-7,11-12H2,1-4H3,(H,21,24). The van der Waals surface area contributed by atoms with E-state index >= 15 is 0 Å². The van der Waals surface area contributed by atoms with Crippen molar-refractivity contribution in [2.75, 3.05) is 20.2 Å². The van der Waals surface area contributed by atoms with Gasteiger partial charge in [-0.15, -0.1) is 0 Å². The Morgan fingerprint density at radius 2 is 1.88 bits per heavy atom. The second kappa shape index (κ2) is 8.83. The van der Waals surface area contributed by atoms with Gasteiger partial charge in [-0.2, -0.15) is 0 Å². The van der Waals surface area contributed by atoms with Crippen LogP contribution in [0.25, 0.3) is 0 Å². The van der Waals surface area contributed by atoms with E-state index < -0.39 is 0 Å². The molecule has 0 aromatic heterocycles. The molecule has 1 aromatic carbocycles. The average Bonchev–Trinajstić information content (AvgIpc) is 2.60. The molecule has 2 unspecified atom stereocenters. The van der Waals surface area contributed by atoms with Crippen LogP contribution in [0.3, 0.4) is 0 Å². The van der Waals surface area contributed by atoms with E-state index in [1.807, 2.05) is 32.0 Å². The molecule has 1 heterocycles. The summed E-state index contributed by atoms with van der Waals surface area (Å²) in [7, 11) is 1.33. The van der Waals surface area contributed by atoms with Crippen molar-refractivity contribution >= 4 is 17.8 Å². The molecule has 1 aliphatic heterocycles. The van der Waals surface area contributed by atoms with E-state index in [0.29, 0.717) is 18.7 Å². The van der Waals surface area contributed by atoms with Crippen molar-refractivity contribution in [1.82, 2.24) is 10.2 Å². The zero-order valence-corrected chi connectivity index (χ0v) is 16.0. The molecular formula is C20H28N2O4. The van der Waals surface area contributed by atoms with Gasteiger partial charge in [-0.05, 0) is 45.7 Å². The first-order chi connectivity index (χ1) is 12.3. The number of likely N-dealkylation sites (tertiary alicyclic amines) is 1. The highest BCUT2D eigenvalue weighted by atomic mass is 16.5. The molecule has 1 saturated heterocycles. The lowest BCUT2D eigenvalue weighted by molar-refractivity contribution is -0.141. The van der Waals surface area contributed by atoms with E-state index in [1.54, 1.807) is 11.8 Å². The maximum absolute atomic E-state index is 12.8. The van der Waals surface area contributed by atoms with E-state index in [4.69, 9.17) is 0 Å². The van der Waals surface area contributed by atoms with Crippen molar-refractivity contribution in [3.8, 4) is 0 Å². The summed E-state index contributed by atoms with van der Waals surface area (Å²) in [5.41, 5.74) is 2.77. The van der Waals surface area contributed by atoms with E-state index in [0.717, 1.165) is 24.0 Å². The summed E-state index contributed by atoms with van der Waals surface area (Å²) in [6, 6.07) is 5.52. The number of carbonyl (C=O) groups is 3. The number of ether oxygens (including phenoxy) is 1. The van der Waals surface area contributed by atoms with Crippen LogP contribution >= 0.6 is 0 Å². The normalized spacial score (nSPS) is 18.2. The molecule has 0 bridgehead atoms. The van der Waals surface area contributed by atoms with Crippen molar-refractivity contribution in [1.29, 1.82) is 0 Å². The first kappa shape index (κ1) is 19.9. The number of hydrogen-bond donors (Lipinski definition) is 1. The van der Waals surface area contributed by atoms with E-state index in [2.05, 4.69) is 10.1 Å². The number of benzene rings is 1. The minimum absolute atomic E-state index is 0.0306. The molecule has 2 rings (SSSR count). The second-order valence-electron chi connectivity index (χ2n) is 7.16. The fourth-order valence-electron chi connectivity index (χ4n) is 3.40. The summed E-state index contributed by atoms with van der Waals surface area (Å²) in [5, 5.41) is 2.85. The largest absolute Gasteiger partial charge is 0.469 e. The highest BCUT2D eigenvalue weighted by Gasteiger charge is 2.29. The Bertz CT molecular complexity index is 666. The van der Waals surface area contributed by atoms with Crippen LogP contribution in [0, 0.1) is 19.8 Å². The van der Waals surface area contributed by atoms with Crippen LogP contribution in [-0.2, 0) is 14.3 Å². The van der Waals surface area contributed by atoms with Crippen LogP contribution in [0.5, 0.6) is 0 Å². The number of esters is 1. The molecule has 142 valence electrons. The lowest BCUT2D eigenvalue weighted by Crippen LogP contribution is -2.47. The van der Waals surface area contributed by atoms with Crippen LogP contribution in [0.2, 0.25) is 0 Å². The molecule has 6 heteroatoms. The number of nitrogens with zero attached hydrogens (tertiary/aromatic N) is 1. The summed E-state index contributed by atoms with van der Waals surface area (Å²) in [5.74, 6) is -0.747. The zero-order chi connectivity index (χ0) is 19.3. The molecule has 1 N–H and O–H groups in total. The first-order valence-electron chi connectivity index (χ1n) is 9.05. The Hall–Kier alpha value is -2.37. The lowest BCUT2D eigenvalue weighted by atomic mass is 9.95. The molecule has 1 fully saturated rings. The van der Waals surface area contributed by atoms with E-state index in [-0.39, 0.29) is 36.2 Å². The number of piperidine rings is 1. The van der Waals surface area contributed by atoms with Gasteiger partial charge < -0.3 is 15.0 Å². The van der Waals surface area contributed by atoms with Gasteiger partial charge in [-0.3, -0.25) is 14.4 Å². The Morgan fingerprint density at radius 1 is 1.23 bits per heavy atom. The quantitative estimate of drug-likeness (QED) is 0.817. The third-order valence-corrected chi connectivity index (χ3v) is 4.64. The molecule has 6 nitrogen and oxygen atoms in total. The minimum Gasteiger partial charge on any atom is -0.469 e. The molecule has 0 spiro atoms. The van der Waals surface area contributed by atoms with Crippen LogP contribution in [0.15, 0.2) is 18.2 Å². The summed E-state index contributed by atoms with van der Waals surface area (Å²) >= 11 is 0. The molecule has 1 aliphatic rings. The van der Waals surface area contributed by atoms with E-state index in [1.165, 1.54) is 7.11 Å². The van der Waals surface area contributed by atoms with Gasteiger partial charge in [0.15, 0.2) is 0 Å². The van der Waals surface area contributed by atoms with Crippen molar-refractivity contribution in [3.63, 3.8) is 0 Å². The predicted octanol–water partition coefficient (Wildman–Crippen LogP) is 2.22. The number of rotatable bonds is 5. The molecule has 0 saturated carbocycles. The molecule has 2 amide bonds. The number of carbonyl (C=O) groups excluding carboxylic acids is 3. The topological polar surface area (TPSA) is 75.7 Å². The number of hydrogen-bond acceptors (Lipinski definition) is 4. The van der Waals surface area contributed by atoms with Crippen molar-refractivity contribution in [2.45, 2.75) is 46.1 Å². The number of nitrogens with one attached hydrogen (secondary N) is 1. The van der Waals surface area contributed by atoms with Gasteiger partial charge in [0.1, 0.15) is 0 Å². The molecule has 2 atom stereocenters. The van der Waals surface area contributed by atoms with E-state index in [9.17, 15) is 14.4 Å². The van der Waals surface area contributed by atoms with Gasteiger partial charge in [0.05, 0.1) is 19.4 Å². The summed E-state index contributed by atoms with van der Waals surface area (Å²) in [4.78, 5) is 38.4. The smallest absolute Gasteiger partial charge is 0.307 e. The third-order valence-electron chi connectivity index (χ3n) is 4.64. The number of methoxy groups -OCH3 is 1. The van der Waals surface area contributed by atoms with Gasteiger partial charge in [-0.1, -0.05) is 17.2 Å². The Labute approximate surface area is 154 Å². The van der Waals surface area contributed by atoms with Crippen molar-refractivity contribution in [2.24, 2.45) is 5.92 Å². The highest BCUT2D eigenvalue weighted by Crippen LogP contribution is 2.20. The minimum atomic E-state index is -0.354. The van der Waals surface area contributed by atoms with Gasteiger partial charge in [0.2, 0.25) is 5.91 Å². The molecular weight excluding hydrogens is 332 g/mol. The Morgan fingerprint density at radius 3 is 2.50 bits per heavy atom. The predicted molar refractivity (Wildman–Crippen MR) is 98.8 cm³/mol. The fraction of sp³-hybridized carbons (Fsp3) is 0.550. The summed E-state index contributed by atoms with van der Waals surface area (Å²) < 4.78 is 4.62. The lowest BCUT2D eigenvalue weighted by Gasteiger charge is -2.32. The SMILES string of the molecule is COC(=O)CC(C)NC(=O)C1CCCN(C(=O)c2cc(C)cc(C)c2)C1. The molecule has 26 heavy (non-hydrogen) atoms. The van der Waals surface area contributed by atoms with Crippen LogP contribution in [0.4, 0.5) is 0 Å². The zero-order valence-electron chi connectivity index (χ0n) is 16.0. The van der Waals surface area contributed by atoms with Crippen LogP contribution in [-0.4, -0.2) is 48.9 Å². The van der Waals surface area contributed by atoms with Gasteiger partial charge in [-0.25, -0.2) is 0 Å². The summed E-state index contributed by atoms with van der Waals surface area (Å²) in [6.07, 6.45) is 1.67. The maximum atomic E-state index is 12.8. The first-order valence-corrected chi connectivity index (χ1v) is 9.05. The van der Waals surface area contributed by atoms with Crippen LogP contribution < -0.4 is 5.32 Å².